The minimum Gasteiger partial charge on any atom is -0.228 e. The Kier molecular flexibility index (Phi) is 6.83. The van der Waals surface area contributed by atoms with Crippen LogP contribution >= 0.6 is 11.3 Å². The lowest BCUT2D eigenvalue weighted by molar-refractivity contribution is 0.714. The second kappa shape index (κ2) is 11.7. The van der Waals surface area contributed by atoms with Crippen molar-refractivity contribution in [3.8, 4) is 56.2 Å². The average Bonchev–Trinajstić information content (AvgIpc) is 3.71. The Balaban J connectivity index is 1.05. The van der Waals surface area contributed by atoms with Crippen LogP contribution < -0.4 is 0 Å². The molecule has 0 atom stereocenters. The topological polar surface area (TPSA) is 25.8 Å². The van der Waals surface area contributed by atoms with Gasteiger partial charge in [0, 0.05) is 42.3 Å². The molecule has 10 rings (SSSR count). The van der Waals surface area contributed by atoms with Gasteiger partial charge in [0.25, 0.3) is 0 Å². The zero-order chi connectivity index (χ0) is 33.9. The van der Waals surface area contributed by atoms with Crippen LogP contribution in [0.15, 0.2) is 176 Å². The lowest BCUT2D eigenvalue weighted by atomic mass is 9.74. The van der Waals surface area contributed by atoms with Gasteiger partial charge in [-0.1, -0.05) is 146 Å². The summed E-state index contributed by atoms with van der Waals surface area (Å²) in [5.74, 6) is 0.721. The highest BCUT2D eigenvalue weighted by molar-refractivity contribution is 7.25. The van der Waals surface area contributed by atoms with Crippen molar-refractivity contribution in [2.75, 3.05) is 0 Å². The zero-order valence-electron chi connectivity index (χ0n) is 28.0. The smallest absolute Gasteiger partial charge is 0.160 e. The summed E-state index contributed by atoms with van der Waals surface area (Å²) in [4.78, 5) is 10.3. The second-order valence-electron chi connectivity index (χ2n) is 13.5. The third kappa shape index (κ3) is 4.85. The van der Waals surface area contributed by atoms with E-state index in [0.29, 0.717) is 0 Å². The first-order chi connectivity index (χ1) is 25.1. The molecule has 240 valence electrons. The predicted molar refractivity (Wildman–Crippen MR) is 214 cm³/mol. The molecule has 9 aromatic rings. The molecular formula is C48H32N2S. The first-order valence-electron chi connectivity index (χ1n) is 17.4. The Bertz CT molecular complexity index is 2710. The molecule has 0 fully saturated rings. The van der Waals surface area contributed by atoms with Crippen LogP contribution in [0, 0.1) is 0 Å². The van der Waals surface area contributed by atoms with Crippen LogP contribution in [0.2, 0.25) is 0 Å². The third-order valence-electron chi connectivity index (χ3n) is 10.6. The summed E-state index contributed by atoms with van der Waals surface area (Å²) < 4.78 is 2.58. The molecule has 0 saturated carbocycles. The maximum atomic E-state index is 5.15. The Morgan fingerprint density at radius 1 is 0.412 bits per heavy atom. The van der Waals surface area contributed by atoms with Crippen LogP contribution in [0.25, 0.3) is 76.3 Å². The van der Waals surface area contributed by atoms with Crippen LogP contribution in [0.3, 0.4) is 0 Å². The third-order valence-corrected chi connectivity index (χ3v) is 11.8. The van der Waals surface area contributed by atoms with E-state index >= 15 is 0 Å². The zero-order valence-corrected chi connectivity index (χ0v) is 28.9. The molecule has 0 saturated heterocycles. The summed E-state index contributed by atoms with van der Waals surface area (Å²) in [6.07, 6.45) is 0. The number of benzene rings is 7. The van der Waals surface area contributed by atoms with Gasteiger partial charge in [-0.25, -0.2) is 9.97 Å². The van der Waals surface area contributed by atoms with Crippen LogP contribution in [0.5, 0.6) is 0 Å². The number of aromatic nitrogens is 2. The van der Waals surface area contributed by atoms with Crippen molar-refractivity contribution in [1.82, 2.24) is 9.97 Å². The number of nitrogens with zero attached hydrogens (tertiary/aromatic N) is 2. The van der Waals surface area contributed by atoms with Gasteiger partial charge in [-0.3, -0.25) is 0 Å². The Morgan fingerprint density at radius 2 is 0.980 bits per heavy atom. The molecule has 0 unspecified atom stereocenters. The van der Waals surface area contributed by atoms with E-state index in [-0.39, 0.29) is 5.41 Å². The van der Waals surface area contributed by atoms with Crippen molar-refractivity contribution < 1.29 is 0 Å². The van der Waals surface area contributed by atoms with Crippen LogP contribution in [-0.2, 0) is 5.41 Å². The van der Waals surface area contributed by atoms with Crippen molar-refractivity contribution >= 4 is 31.5 Å². The van der Waals surface area contributed by atoms with Crippen molar-refractivity contribution in [3.63, 3.8) is 0 Å². The number of hydrogen-bond acceptors (Lipinski definition) is 3. The SMILES string of the molecule is CC1(c2ccc(-c3cccc(-c4cc(-c5ccc6sc7ccccc7c6c5)nc(-c5ccccc5)n4)c3)cc2)c2ccccc2-c2ccccc21. The van der Waals surface area contributed by atoms with E-state index < -0.39 is 0 Å². The number of thiophene rings is 1. The van der Waals surface area contributed by atoms with E-state index in [1.807, 2.05) is 29.5 Å². The van der Waals surface area contributed by atoms with E-state index in [4.69, 9.17) is 9.97 Å². The van der Waals surface area contributed by atoms with Gasteiger partial charge >= 0.3 is 0 Å². The number of rotatable bonds is 5. The molecule has 0 N–H and O–H groups in total. The molecule has 1 aliphatic rings. The van der Waals surface area contributed by atoms with Gasteiger partial charge in [-0.15, -0.1) is 11.3 Å². The summed E-state index contributed by atoms with van der Waals surface area (Å²) in [5.41, 5.74) is 13.8. The highest BCUT2D eigenvalue weighted by Crippen LogP contribution is 2.52. The molecule has 1 aliphatic carbocycles. The molecule has 0 aliphatic heterocycles. The Hall–Kier alpha value is -6.16. The first kappa shape index (κ1) is 29.7. The molecule has 0 radical (unpaired) electrons. The molecule has 0 bridgehead atoms. The molecule has 2 nitrogen and oxygen atoms in total. The fourth-order valence-electron chi connectivity index (χ4n) is 7.96. The maximum Gasteiger partial charge on any atom is 0.160 e. The van der Waals surface area contributed by atoms with Crippen LogP contribution in [-0.4, -0.2) is 9.97 Å². The second-order valence-corrected chi connectivity index (χ2v) is 14.6. The highest BCUT2D eigenvalue weighted by atomic mass is 32.1. The van der Waals surface area contributed by atoms with E-state index in [1.165, 1.54) is 53.6 Å². The molecule has 0 amide bonds. The summed E-state index contributed by atoms with van der Waals surface area (Å²) in [6.45, 7) is 2.36. The van der Waals surface area contributed by atoms with E-state index in [9.17, 15) is 0 Å². The predicted octanol–water partition coefficient (Wildman–Crippen LogP) is 12.8. The average molecular weight is 669 g/mol. The highest BCUT2D eigenvalue weighted by Gasteiger charge is 2.40. The van der Waals surface area contributed by atoms with Gasteiger partial charge in [0.2, 0.25) is 0 Å². The minimum atomic E-state index is -0.211. The van der Waals surface area contributed by atoms with E-state index in [2.05, 4.69) is 165 Å². The van der Waals surface area contributed by atoms with Gasteiger partial charge < -0.3 is 0 Å². The van der Waals surface area contributed by atoms with Gasteiger partial charge in [-0.05, 0) is 76.2 Å². The number of fused-ring (bicyclic) bond motifs is 6. The van der Waals surface area contributed by atoms with Gasteiger partial charge in [-0.2, -0.15) is 0 Å². The summed E-state index contributed by atoms with van der Waals surface area (Å²) in [7, 11) is 0. The monoisotopic (exact) mass is 668 g/mol. The molecule has 51 heavy (non-hydrogen) atoms. The first-order valence-corrected chi connectivity index (χ1v) is 18.2. The largest absolute Gasteiger partial charge is 0.228 e. The van der Waals surface area contributed by atoms with Gasteiger partial charge in [0.15, 0.2) is 5.82 Å². The van der Waals surface area contributed by atoms with Gasteiger partial charge in [0.05, 0.1) is 11.4 Å². The molecular weight excluding hydrogens is 637 g/mol. The summed E-state index contributed by atoms with van der Waals surface area (Å²) in [5, 5.41) is 2.55. The Morgan fingerprint density at radius 3 is 1.73 bits per heavy atom. The van der Waals surface area contributed by atoms with Crippen molar-refractivity contribution in [2.24, 2.45) is 0 Å². The minimum absolute atomic E-state index is 0.211. The molecule has 2 aromatic heterocycles. The van der Waals surface area contributed by atoms with E-state index in [1.54, 1.807) is 0 Å². The standard InChI is InChI=1S/C48H32N2S/c1-48(41-19-8-5-16-37(41)38-17-6-9-20-42(38)48)36-25-22-31(23-26-36)33-14-11-15-34(28-33)43-30-44(50-47(49-43)32-12-3-2-4-13-32)35-24-27-46-40(29-35)39-18-7-10-21-45(39)51-46/h2-30H,1H3. The lowest BCUT2D eigenvalue weighted by Crippen LogP contribution is -2.22. The normalized spacial score (nSPS) is 13.0. The fourth-order valence-corrected chi connectivity index (χ4v) is 9.05. The van der Waals surface area contributed by atoms with Gasteiger partial charge in [0.1, 0.15) is 0 Å². The fraction of sp³-hybridized carbons (Fsp3) is 0.0417. The van der Waals surface area contributed by atoms with E-state index in [0.717, 1.165) is 39.5 Å². The van der Waals surface area contributed by atoms with Crippen LogP contribution in [0.4, 0.5) is 0 Å². The summed E-state index contributed by atoms with van der Waals surface area (Å²) in [6, 6.07) is 63.3. The number of hydrogen-bond donors (Lipinski definition) is 0. The quantitative estimate of drug-likeness (QED) is 0.182. The summed E-state index contributed by atoms with van der Waals surface area (Å²) >= 11 is 1.83. The van der Waals surface area contributed by atoms with Crippen molar-refractivity contribution in [2.45, 2.75) is 12.3 Å². The van der Waals surface area contributed by atoms with Crippen molar-refractivity contribution in [1.29, 1.82) is 0 Å². The lowest BCUT2D eigenvalue weighted by Gasteiger charge is -2.28. The molecule has 3 heteroatoms. The molecule has 7 aromatic carbocycles. The Labute approximate surface area is 301 Å². The maximum absolute atomic E-state index is 5.15. The molecule has 2 heterocycles. The molecule has 0 spiro atoms. The van der Waals surface area contributed by atoms with Crippen LogP contribution in [0.1, 0.15) is 23.6 Å². The van der Waals surface area contributed by atoms with Crippen molar-refractivity contribution in [3.05, 3.63) is 193 Å².